The molecule has 0 aliphatic heterocycles. The van der Waals surface area contributed by atoms with Crippen LogP contribution in [0, 0.1) is 5.82 Å². The summed E-state index contributed by atoms with van der Waals surface area (Å²) in [7, 11) is 0. The van der Waals surface area contributed by atoms with Gasteiger partial charge in [0.25, 0.3) is 0 Å². The number of hydrogen-bond acceptors (Lipinski definition) is 2. The lowest BCUT2D eigenvalue weighted by Crippen LogP contribution is -2.12. The average molecular weight is 340 g/mol. The molecule has 0 heterocycles. The second-order valence-electron chi connectivity index (χ2n) is 3.92. The van der Waals surface area contributed by atoms with Crippen LogP contribution >= 0.6 is 28.1 Å². The largest absolute Gasteiger partial charge is 0.489 e. The molecule has 0 aromatic heterocycles. The summed E-state index contributed by atoms with van der Waals surface area (Å²) in [5, 5.41) is 0. The Balaban J connectivity index is 2.09. The van der Waals surface area contributed by atoms with Gasteiger partial charge in [0.05, 0.1) is 0 Å². The molecule has 2 aromatic carbocycles. The molecule has 0 aliphatic rings. The van der Waals surface area contributed by atoms with E-state index in [2.05, 4.69) is 15.9 Å². The lowest BCUT2D eigenvalue weighted by Gasteiger charge is -2.08. The fourth-order valence-corrected chi connectivity index (χ4v) is 1.97. The molecule has 2 rings (SSSR count). The van der Waals surface area contributed by atoms with Crippen molar-refractivity contribution in [2.24, 2.45) is 5.73 Å². The van der Waals surface area contributed by atoms with Crippen molar-refractivity contribution in [3.05, 3.63) is 63.9 Å². The first-order chi connectivity index (χ1) is 9.06. The van der Waals surface area contributed by atoms with E-state index in [1.165, 1.54) is 6.07 Å². The Kier molecular flexibility index (Phi) is 4.50. The predicted molar refractivity (Wildman–Crippen MR) is 80.8 cm³/mol. The fourth-order valence-electron chi connectivity index (χ4n) is 1.55. The Bertz CT molecular complexity index is 601. The maximum atomic E-state index is 13.4. The molecule has 0 unspecified atom stereocenters. The number of ether oxygens (including phenoxy) is 1. The smallest absolute Gasteiger partial charge is 0.133 e. The maximum Gasteiger partial charge on any atom is 0.133 e. The molecular weight excluding hydrogens is 329 g/mol. The van der Waals surface area contributed by atoms with Crippen LogP contribution in [-0.4, -0.2) is 4.99 Å². The first-order valence-electron chi connectivity index (χ1n) is 5.53. The molecular formula is C14H11BrFNOS. The Labute approximate surface area is 124 Å². The monoisotopic (exact) mass is 339 g/mol. The minimum atomic E-state index is -0.417. The van der Waals surface area contributed by atoms with Crippen LogP contribution < -0.4 is 10.5 Å². The van der Waals surface area contributed by atoms with Gasteiger partial charge in [-0.25, -0.2) is 4.39 Å². The first-order valence-corrected chi connectivity index (χ1v) is 6.73. The van der Waals surface area contributed by atoms with Crippen LogP contribution in [0.2, 0.25) is 0 Å². The summed E-state index contributed by atoms with van der Waals surface area (Å²) in [6, 6.07) is 12.1. The van der Waals surface area contributed by atoms with Crippen molar-refractivity contribution in [2.75, 3.05) is 0 Å². The van der Waals surface area contributed by atoms with Crippen molar-refractivity contribution in [1.29, 1.82) is 0 Å². The van der Waals surface area contributed by atoms with Crippen LogP contribution in [-0.2, 0) is 6.61 Å². The average Bonchev–Trinajstić information content (AvgIpc) is 2.39. The van der Waals surface area contributed by atoms with Gasteiger partial charge >= 0.3 is 0 Å². The highest BCUT2D eigenvalue weighted by atomic mass is 79.9. The zero-order chi connectivity index (χ0) is 13.8. The van der Waals surface area contributed by atoms with Gasteiger partial charge in [-0.3, -0.25) is 0 Å². The lowest BCUT2D eigenvalue weighted by molar-refractivity contribution is 0.306. The number of hydrogen-bond donors (Lipinski definition) is 1. The third-order valence-electron chi connectivity index (χ3n) is 2.52. The number of benzene rings is 2. The van der Waals surface area contributed by atoms with E-state index >= 15 is 0 Å². The Morgan fingerprint density at radius 1 is 1.21 bits per heavy atom. The second kappa shape index (κ2) is 6.12. The summed E-state index contributed by atoms with van der Waals surface area (Å²) >= 11 is 8.14. The highest BCUT2D eigenvalue weighted by molar-refractivity contribution is 9.10. The van der Waals surface area contributed by atoms with Crippen LogP contribution in [0.1, 0.15) is 11.1 Å². The van der Waals surface area contributed by atoms with Crippen molar-refractivity contribution in [2.45, 2.75) is 6.61 Å². The quantitative estimate of drug-likeness (QED) is 0.860. The van der Waals surface area contributed by atoms with Gasteiger partial charge < -0.3 is 10.5 Å². The van der Waals surface area contributed by atoms with Crippen molar-refractivity contribution in [1.82, 2.24) is 0 Å². The summed E-state index contributed by atoms with van der Waals surface area (Å²) in [4.78, 5) is 0.0444. The van der Waals surface area contributed by atoms with Gasteiger partial charge in [-0.05, 0) is 42.0 Å². The molecule has 19 heavy (non-hydrogen) atoms. The van der Waals surface area contributed by atoms with Gasteiger partial charge in [-0.2, -0.15) is 0 Å². The third-order valence-corrected chi connectivity index (χ3v) is 3.26. The summed E-state index contributed by atoms with van der Waals surface area (Å²) in [5.41, 5.74) is 6.51. The highest BCUT2D eigenvalue weighted by Gasteiger charge is 2.06. The zero-order valence-corrected chi connectivity index (χ0v) is 12.3. The lowest BCUT2D eigenvalue weighted by atomic mass is 10.1. The van der Waals surface area contributed by atoms with Gasteiger partial charge in [-0.15, -0.1) is 0 Å². The third kappa shape index (κ3) is 3.75. The number of thiocarbonyl (C=S) groups is 1. The molecule has 2 nitrogen and oxygen atoms in total. The molecule has 5 heteroatoms. The molecule has 0 atom stereocenters. The van der Waals surface area contributed by atoms with Crippen LogP contribution in [0.15, 0.2) is 46.9 Å². The highest BCUT2D eigenvalue weighted by Crippen LogP contribution is 2.18. The molecule has 0 aliphatic carbocycles. The Morgan fingerprint density at radius 2 is 1.89 bits per heavy atom. The summed E-state index contributed by atoms with van der Waals surface area (Å²) in [5.74, 6) is 0.323. The molecule has 0 radical (unpaired) electrons. The van der Waals surface area contributed by atoms with Gasteiger partial charge in [-0.1, -0.05) is 34.2 Å². The Hall–Kier alpha value is -1.46. The number of nitrogens with two attached hydrogens (primary N) is 1. The fraction of sp³-hybridized carbons (Fsp3) is 0.0714. The van der Waals surface area contributed by atoms with Crippen LogP contribution in [0.25, 0.3) is 0 Å². The minimum Gasteiger partial charge on any atom is -0.489 e. The predicted octanol–water partition coefficient (Wildman–Crippen LogP) is 3.80. The summed E-state index contributed by atoms with van der Waals surface area (Å²) in [6.07, 6.45) is 0. The Morgan fingerprint density at radius 3 is 2.53 bits per heavy atom. The molecule has 2 N–H and O–H groups in total. The van der Waals surface area contributed by atoms with E-state index < -0.39 is 5.82 Å². The first kappa shape index (κ1) is 14.0. The molecule has 0 saturated carbocycles. The van der Waals surface area contributed by atoms with E-state index in [0.717, 1.165) is 15.8 Å². The summed E-state index contributed by atoms with van der Waals surface area (Å²) in [6.45, 7) is 0.331. The van der Waals surface area contributed by atoms with Gasteiger partial charge in [0, 0.05) is 10.0 Å². The minimum absolute atomic E-state index is 0.0444. The van der Waals surface area contributed by atoms with E-state index in [-0.39, 0.29) is 10.6 Å². The van der Waals surface area contributed by atoms with E-state index in [0.29, 0.717) is 6.61 Å². The standard InChI is InChI=1S/C14H11BrFNOS/c15-10-2-4-11(5-3-10)18-8-9-1-6-13(16)12(7-9)14(17)19/h1-7H,8H2,(H2,17,19). The molecule has 0 bridgehead atoms. The second-order valence-corrected chi connectivity index (χ2v) is 5.28. The zero-order valence-electron chi connectivity index (χ0n) is 9.90. The number of halogens is 2. The normalized spacial score (nSPS) is 10.2. The number of rotatable bonds is 4. The molecule has 0 spiro atoms. The van der Waals surface area contributed by atoms with E-state index in [9.17, 15) is 4.39 Å². The van der Waals surface area contributed by atoms with Crippen molar-refractivity contribution in [3.63, 3.8) is 0 Å². The van der Waals surface area contributed by atoms with Crippen LogP contribution in [0.5, 0.6) is 5.75 Å². The topological polar surface area (TPSA) is 35.2 Å². The van der Waals surface area contributed by atoms with Crippen molar-refractivity contribution in [3.8, 4) is 5.75 Å². The van der Waals surface area contributed by atoms with E-state index in [4.69, 9.17) is 22.7 Å². The SMILES string of the molecule is NC(=S)c1cc(COc2ccc(Br)cc2)ccc1F. The van der Waals surface area contributed by atoms with Gasteiger partial charge in [0.2, 0.25) is 0 Å². The molecule has 98 valence electrons. The van der Waals surface area contributed by atoms with Crippen molar-refractivity contribution < 1.29 is 9.13 Å². The summed E-state index contributed by atoms with van der Waals surface area (Å²) < 4.78 is 20.0. The molecule has 0 fully saturated rings. The van der Waals surface area contributed by atoms with Crippen LogP contribution in [0.4, 0.5) is 4.39 Å². The van der Waals surface area contributed by atoms with Crippen LogP contribution in [0.3, 0.4) is 0 Å². The van der Waals surface area contributed by atoms with E-state index in [1.807, 2.05) is 24.3 Å². The van der Waals surface area contributed by atoms with Gasteiger partial charge in [0.1, 0.15) is 23.2 Å². The maximum absolute atomic E-state index is 13.4. The van der Waals surface area contributed by atoms with Gasteiger partial charge in [0.15, 0.2) is 0 Å². The molecule has 2 aromatic rings. The van der Waals surface area contributed by atoms with E-state index in [1.54, 1.807) is 12.1 Å². The molecule has 0 saturated heterocycles. The van der Waals surface area contributed by atoms with Crippen molar-refractivity contribution >= 4 is 33.1 Å². The molecule has 0 amide bonds.